The van der Waals surface area contributed by atoms with Crippen molar-refractivity contribution >= 4 is 39.2 Å². The maximum absolute atomic E-state index is 12.1. The third-order valence-corrected chi connectivity index (χ3v) is 3.59. The van der Waals surface area contributed by atoms with E-state index in [1.54, 1.807) is 24.1 Å². The van der Waals surface area contributed by atoms with Crippen molar-refractivity contribution in [2.75, 3.05) is 12.4 Å². The predicted octanol–water partition coefficient (Wildman–Crippen LogP) is 4.77. The molecule has 20 heavy (non-hydrogen) atoms. The molecule has 2 amide bonds. The lowest BCUT2D eigenvalue weighted by molar-refractivity contribution is 0.220. The van der Waals surface area contributed by atoms with Crippen molar-refractivity contribution in [3.8, 4) is 0 Å². The summed E-state index contributed by atoms with van der Waals surface area (Å²) < 4.78 is 0.995. The molecule has 0 aliphatic carbocycles. The Hall–Kier alpha value is -1.52. The largest absolute Gasteiger partial charge is 0.323 e. The standard InChI is InChI=1S/C15H14BrClN2O/c1-19(10-11-5-4-6-12(16)9-11)15(20)18-14-8-3-2-7-13(14)17/h2-9H,10H2,1H3,(H,18,20). The molecule has 2 aromatic rings. The Morgan fingerprint density at radius 3 is 2.70 bits per heavy atom. The maximum atomic E-state index is 12.1. The van der Waals surface area contributed by atoms with E-state index in [4.69, 9.17) is 11.6 Å². The normalized spacial score (nSPS) is 10.2. The highest BCUT2D eigenvalue weighted by molar-refractivity contribution is 9.10. The summed E-state index contributed by atoms with van der Waals surface area (Å²) in [5.41, 5.74) is 1.66. The lowest BCUT2D eigenvalue weighted by atomic mass is 10.2. The monoisotopic (exact) mass is 352 g/mol. The van der Waals surface area contributed by atoms with E-state index in [1.807, 2.05) is 36.4 Å². The first-order chi connectivity index (χ1) is 9.56. The lowest BCUT2D eigenvalue weighted by Gasteiger charge is -2.18. The first-order valence-electron chi connectivity index (χ1n) is 6.07. The van der Waals surface area contributed by atoms with Crippen LogP contribution in [0.2, 0.25) is 5.02 Å². The van der Waals surface area contributed by atoms with Crippen LogP contribution in [0.1, 0.15) is 5.56 Å². The van der Waals surface area contributed by atoms with Crippen molar-refractivity contribution in [2.24, 2.45) is 0 Å². The van der Waals surface area contributed by atoms with Crippen LogP contribution >= 0.6 is 27.5 Å². The number of anilines is 1. The van der Waals surface area contributed by atoms with E-state index in [0.29, 0.717) is 17.3 Å². The predicted molar refractivity (Wildman–Crippen MR) is 86.1 cm³/mol. The van der Waals surface area contributed by atoms with Gasteiger partial charge in [-0.25, -0.2) is 4.79 Å². The molecule has 0 unspecified atom stereocenters. The van der Waals surface area contributed by atoms with Crippen molar-refractivity contribution in [2.45, 2.75) is 6.54 Å². The van der Waals surface area contributed by atoms with Crippen LogP contribution in [-0.4, -0.2) is 18.0 Å². The average molecular weight is 354 g/mol. The molecular formula is C15H14BrClN2O. The van der Waals surface area contributed by atoms with Gasteiger partial charge >= 0.3 is 6.03 Å². The molecule has 2 rings (SSSR count). The topological polar surface area (TPSA) is 32.3 Å². The number of halogens is 2. The van der Waals surface area contributed by atoms with Gasteiger partial charge in [0.2, 0.25) is 0 Å². The Morgan fingerprint density at radius 2 is 2.00 bits per heavy atom. The van der Waals surface area contributed by atoms with E-state index in [9.17, 15) is 4.79 Å². The van der Waals surface area contributed by atoms with Gasteiger partial charge in [-0.05, 0) is 29.8 Å². The molecule has 2 aromatic carbocycles. The van der Waals surface area contributed by atoms with Crippen LogP contribution in [-0.2, 0) is 6.54 Å². The molecule has 0 bridgehead atoms. The number of nitrogens with zero attached hydrogens (tertiary/aromatic N) is 1. The molecule has 0 aromatic heterocycles. The number of carbonyl (C=O) groups excluding carboxylic acids is 1. The quantitative estimate of drug-likeness (QED) is 0.847. The van der Waals surface area contributed by atoms with Crippen molar-refractivity contribution in [1.29, 1.82) is 0 Å². The SMILES string of the molecule is CN(Cc1cccc(Br)c1)C(=O)Nc1ccccc1Cl. The van der Waals surface area contributed by atoms with Crippen molar-refractivity contribution < 1.29 is 4.79 Å². The number of rotatable bonds is 3. The van der Waals surface area contributed by atoms with E-state index in [-0.39, 0.29) is 6.03 Å². The maximum Gasteiger partial charge on any atom is 0.321 e. The molecule has 0 spiro atoms. The van der Waals surface area contributed by atoms with Crippen LogP contribution in [0.25, 0.3) is 0 Å². The van der Waals surface area contributed by atoms with Gasteiger partial charge in [-0.3, -0.25) is 0 Å². The summed E-state index contributed by atoms with van der Waals surface area (Å²) in [5.74, 6) is 0. The van der Waals surface area contributed by atoms with Crippen LogP contribution in [0.5, 0.6) is 0 Å². The summed E-state index contributed by atoms with van der Waals surface area (Å²) in [7, 11) is 1.74. The minimum absolute atomic E-state index is 0.196. The Morgan fingerprint density at radius 1 is 1.25 bits per heavy atom. The molecule has 0 saturated carbocycles. The minimum atomic E-state index is -0.196. The number of carbonyl (C=O) groups is 1. The average Bonchev–Trinajstić information content (AvgIpc) is 2.41. The summed E-state index contributed by atoms with van der Waals surface area (Å²) in [4.78, 5) is 13.7. The third kappa shape index (κ3) is 3.99. The second-order valence-corrected chi connectivity index (χ2v) is 5.72. The molecule has 0 radical (unpaired) electrons. The van der Waals surface area contributed by atoms with Gasteiger partial charge in [-0.15, -0.1) is 0 Å². The van der Waals surface area contributed by atoms with Crippen molar-refractivity contribution in [3.05, 3.63) is 63.6 Å². The van der Waals surface area contributed by atoms with E-state index in [0.717, 1.165) is 10.0 Å². The van der Waals surface area contributed by atoms with Gasteiger partial charge in [0, 0.05) is 18.1 Å². The van der Waals surface area contributed by atoms with Crippen LogP contribution in [0.4, 0.5) is 10.5 Å². The number of hydrogen-bond donors (Lipinski definition) is 1. The van der Waals surface area contributed by atoms with Gasteiger partial charge in [-0.1, -0.05) is 51.8 Å². The number of hydrogen-bond acceptors (Lipinski definition) is 1. The van der Waals surface area contributed by atoms with Gasteiger partial charge in [0.15, 0.2) is 0 Å². The highest BCUT2D eigenvalue weighted by Crippen LogP contribution is 2.21. The van der Waals surface area contributed by atoms with E-state index in [2.05, 4.69) is 21.2 Å². The third-order valence-electron chi connectivity index (χ3n) is 2.77. The van der Waals surface area contributed by atoms with Gasteiger partial charge in [0.25, 0.3) is 0 Å². The first kappa shape index (κ1) is 14.9. The van der Waals surface area contributed by atoms with E-state index >= 15 is 0 Å². The van der Waals surface area contributed by atoms with Gasteiger partial charge in [-0.2, -0.15) is 0 Å². The number of para-hydroxylation sites is 1. The summed E-state index contributed by atoms with van der Waals surface area (Å²) in [6.07, 6.45) is 0. The molecule has 0 fully saturated rings. The Kier molecular flexibility index (Phi) is 5.04. The summed E-state index contributed by atoms with van der Waals surface area (Å²) >= 11 is 9.43. The molecule has 0 heterocycles. The summed E-state index contributed by atoms with van der Waals surface area (Å²) in [6, 6.07) is 14.8. The number of urea groups is 1. The highest BCUT2D eigenvalue weighted by Gasteiger charge is 2.11. The number of amides is 2. The second kappa shape index (κ2) is 6.77. The molecule has 5 heteroatoms. The highest BCUT2D eigenvalue weighted by atomic mass is 79.9. The molecular weight excluding hydrogens is 340 g/mol. The van der Waals surface area contributed by atoms with Crippen LogP contribution in [0, 0.1) is 0 Å². The summed E-state index contributed by atoms with van der Waals surface area (Å²) in [5, 5.41) is 3.31. The Labute approximate surface area is 131 Å². The zero-order valence-electron chi connectivity index (χ0n) is 10.9. The van der Waals surface area contributed by atoms with Gasteiger partial charge in [0.05, 0.1) is 10.7 Å². The fraction of sp³-hybridized carbons (Fsp3) is 0.133. The molecule has 0 aliphatic rings. The summed E-state index contributed by atoms with van der Waals surface area (Å²) in [6.45, 7) is 0.524. The van der Waals surface area contributed by atoms with Gasteiger partial charge < -0.3 is 10.2 Å². The molecule has 3 nitrogen and oxygen atoms in total. The zero-order valence-corrected chi connectivity index (χ0v) is 13.3. The Bertz CT molecular complexity index is 618. The smallest absolute Gasteiger partial charge is 0.321 e. The number of nitrogens with one attached hydrogen (secondary N) is 1. The second-order valence-electron chi connectivity index (χ2n) is 4.40. The Balaban J connectivity index is 2.01. The van der Waals surface area contributed by atoms with E-state index in [1.165, 1.54) is 0 Å². The van der Waals surface area contributed by atoms with Crippen LogP contribution < -0.4 is 5.32 Å². The molecule has 0 aliphatic heterocycles. The van der Waals surface area contributed by atoms with Crippen molar-refractivity contribution in [3.63, 3.8) is 0 Å². The first-order valence-corrected chi connectivity index (χ1v) is 7.24. The molecule has 104 valence electrons. The lowest BCUT2D eigenvalue weighted by Crippen LogP contribution is -2.30. The fourth-order valence-corrected chi connectivity index (χ4v) is 2.38. The van der Waals surface area contributed by atoms with E-state index < -0.39 is 0 Å². The minimum Gasteiger partial charge on any atom is -0.323 e. The molecule has 0 atom stereocenters. The number of benzene rings is 2. The molecule has 0 saturated heterocycles. The fourth-order valence-electron chi connectivity index (χ4n) is 1.75. The zero-order chi connectivity index (χ0) is 14.5. The van der Waals surface area contributed by atoms with Crippen LogP contribution in [0.3, 0.4) is 0 Å². The molecule has 1 N–H and O–H groups in total. The van der Waals surface area contributed by atoms with Crippen LogP contribution in [0.15, 0.2) is 53.0 Å². The van der Waals surface area contributed by atoms with Crippen molar-refractivity contribution in [1.82, 2.24) is 4.90 Å². The van der Waals surface area contributed by atoms with Gasteiger partial charge in [0.1, 0.15) is 0 Å².